The number of carbonyl (C=O) groups excluding carboxylic acids is 2. The summed E-state index contributed by atoms with van der Waals surface area (Å²) >= 11 is 0. The molecule has 0 aliphatic carbocycles. The van der Waals surface area contributed by atoms with E-state index in [-0.39, 0.29) is 19.4 Å². The minimum absolute atomic E-state index is 0.220. The van der Waals surface area contributed by atoms with Crippen LogP contribution in [0.4, 0.5) is 0 Å². The van der Waals surface area contributed by atoms with Crippen LogP contribution in [0.15, 0.2) is 54.9 Å². The Labute approximate surface area is 134 Å². The van der Waals surface area contributed by atoms with Gasteiger partial charge in [0.25, 0.3) is 0 Å². The number of ketones is 1. The highest BCUT2D eigenvalue weighted by atomic mass is 16.5. The maximum atomic E-state index is 12.2. The lowest BCUT2D eigenvalue weighted by Crippen LogP contribution is -2.31. The number of benzene rings is 1. The lowest BCUT2D eigenvalue weighted by molar-refractivity contribution is -0.146. The zero-order valence-corrected chi connectivity index (χ0v) is 12.9. The highest BCUT2D eigenvalue weighted by Crippen LogP contribution is 2.33. The minimum Gasteiger partial charge on any atom is -0.466 e. The van der Waals surface area contributed by atoms with Gasteiger partial charge in [-0.2, -0.15) is 0 Å². The van der Waals surface area contributed by atoms with E-state index in [1.807, 2.05) is 6.07 Å². The van der Waals surface area contributed by atoms with Crippen LogP contribution in [0, 0.1) is 0 Å². The Balaban J connectivity index is 2.29. The molecular weight excluding hydrogens is 294 g/mol. The third-order valence-electron chi connectivity index (χ3n) is 3.49. The fourth-order valence-electron chi connectivity index (χ4n) is 2.41. The van der Waals surface area contributed by atoms with E-state index in [0.29, 0.717) is 11.1 Å². The van der Waals surface area contributed by atoms with Crippen molar-refractivity contribution in [2.75, 3.05) is 6.61 Å². The standard InChI is InChI=1S/C18H19NO4/c1-2-23-17(21)11-16(20)12-18(22,14-7-4-3-5-8-14)15-9-6-10-19-13-15/h3-10,13,22H,2,11-12H2,1H3. The second-order valence-electron chi connectivity index (χ2n) is 5.17. The topological polar surface area (TPSA) is 76.5 Å². The van der Waals surface area contributed by atoms with Crippen molar-refractivity contribution in [2.24, 2.45) is 0 Å². The van der Waals surface area contributed by atoms with Gasteiger partial charge in [0.1, 0.15) is 17.8 Å². The molecule has 1 unspecified atom stereocenters. The van der Waals surface area contributed by atoms with Gasteiger partial charge in [-0.05, 0) is 18.6 Å². The zero-order valence-electron chi connectivity index (χ0n) is 12.9. The van der Waals surface area contributed by atoms with Crippen LogP contribution in [-0.2, 0) is 19.9 Å². The summed E-state index contributed by atoms with van der Waals surface area (Å²) in [6, 6.07) is 12.3. The summed E-state index contributed by atoms with van der Waals surface area (Å²) in [7, 11) is 0. The van der Waals surface area contributed by atoms with Crippen molar-refractivity contribution in [3.8, 4) is 0 Å². The van der Waals surface area contributed by atoms with Gasteiger partial charge in [-0.15, -0.1) is 0 Å². The molecule has 2 rings (SSSR count). The molecule has 1 atom stereocenters. The highest BCUT2D eigenvalue weighted by molar-refractivity contribution is 5.96. The Morgan fingerprint density at radius 1 is 1.13 bits per heavy atom. The van der Waals surface area contributed by atoms with E-state index in [1.165, 1.54) is 6.20 Å². The van der Waals surface area contributed by atoms with Gasteiger partial charge in [-0.3, -0.25) is 14.6 Å². The van der Waals surface area contributed by atoms with E-state index in [4.69, 9.17) is 4.74 Å². The van der Waals surface area contributed by atoms with Crippen molar-refractivity contribution in [3.05, 3.63) is 66.0 Å². The summed E-state index contributed by atoms with van der Waals surface area (Å²) in [6.45, 7) is 1.90. The predicted molar refractivity (Wildman–Crippen MR) is 84.6 cm³/mol. The van der Waals surface area contributed by atoms with Crippen molar-refractivity contribution in [1.82, 2.24) is 4.98 Å². The number of pyridine rings is 1. The van der Waals surface area contributed by atoms with Crippen molar-refractivity contribution in [2.45, 2.75) is 25.4 Å². The van der Waals surface area contributed by atoms with Gasteiger partial charge in [0.2, 0.25) is 0 Å². The zero-order chi connectivity index (χ0) is 16.7. The minimum atomic E-state index is -1.53. The number of ether oxygens (including phenoxy) is 1. The maximum Gasteiger partial charge on any atom is 0.313 e. The first-order chi connectivity index (χ1) is 11.1. The summed E-state index contributed by atoms with van der Waals surface area (Å²) < 4.78 is 4.78. The van der Waals surface area contributed by atoms with Crippen molar-refractivity contribution in [1.29, 1.82) is 0 Å². The largest absolute Gasteiger partial charge is 0.466 e. The average Bonchev–Trinajstić information content (AvgIpc) is 2.56. The number of nitrogens with zero attached hydrogens (tertiary/aromatic N) is 1. The molecule has 120 valence electrons. The van der Waals surface area contributed by atoms with Crippen LogP contribution >= 0.6 is 0 Å². The van der Waals surface area contributed by atoms with Crippen molar-refractivity contribution < 1.29 is 19.4 Å². The molecule has 0 radical (unpaired) electrons. The van der Waals surface area contributed by atoms with Crippen molar-refractivity contribution >= 4 is 11.8 Å². The van der Waals surface area contributed by atoms with Gasteiger partial charge in [0.05, 0.1) is 6.61 Å². The molecule has 2 aromatic rings. The SMILES string of the molecule is CCOC(=O)CC(=O)CC(O)(c1ccccc1)c1cccnc1. The van der Waals surface area contributed by atoms with Gasteiger partial charge in [0.15, 0.2) is 0 Å². The van der Waals surface area contributed by atoms with Gasteiger partial charge in [-0.1, -0.05) is 36.4 Å². The molecule has 0 aliphatic heterocycles. The van der Waals surface area contributed by atoms with Crippen LogP contribution in [0.3, 0.4) is 0 Å². The van der Waals surface area contributed by atoms with E-state index in [2.05, 4.69) is 4.98 Å². The summed E-state index contributed by atoms with van der Waals surface area (Å²) in [4.78, 5) is 27.7. The highest BCUT2D eigenvalue weighted by Gasteiger charge is 2.34. The van der Waals surface area contributed by atoms with Crippen molar-refractivity contribution in [3.63, 3.8) is 0 Å². The number of hydrogen-bond donors (Lipinski definition) is 1. The molecule has 1 aromatic carbocycles. The quantitative estimate of drug-likeness (QED) is 0.626. The second-order valence-corrected chi connectivity index (χ2v) is 5.17. The average molecular weight is 313 g/mol. The molecule has 5 heteroatoms. The molecule has 23 heavy (non-hydrogen) atoms. The Morgan fingerprint density at radius 3 is 2.43 bits per heavy atom. The Bertz CT molecular complexity index is 616. The van der Waals surface area contributed by atoms with E-state index in [1.54, 1.807) is 49.5 Å². The summed E-state index contributed by atoms with van der Waals surface area (Å²) in [5.74, 6) is -0.974. The summed E-state index contributed by atoms with van der Waals surface area (Å²) in [5, 5.41) is 11.2. The van der Waals surface area contributed by atoms with Gasteiger partial charge < -0.3 is 9.84 Å². The monoisotopic (exact) mass is 313 g/mol. The lowest BCUT2D eigenvalue weighted by Gasteiger charge is -2.28. The Morgan fingerprint density at radius 2 is 1.83 bits per heavy atom. The third-order valence-corrected chi connectivity index (χ3v) is 3.49. The van der Waals surface area contributed by atoms with Crippen LogP contribution in [0.5, 0.6) is 0 Å². The lowest BCUT2D eigenvalue weighted by atomic mass is 9.82. The molecule has 0 aliphatic rings. The predicted octanol–water partition coefficient (Wildman–Crippen LogP) is 2.23. The number of carbonyl (C=O) groups is 2. The molecule has 1 aromatic heterocycles. The molecule has 1 heterocycles. The number of aromatic nitrogens is 1. The Hall–Kier alpha value is -2.53. The smallest absolute Gasteiger partial charge is 0.313 e. The second kappa shape index (κ2) is 7.65. The van der Waals surface area contributed by atoms with Crippen LogP contribution in [0.25, 0.3) is 0 Å². The summed E-state index contributed by atoms with van der Waals surface area (Å²) in [6.07, 6.45) is 2.53. The van der Waals surface area contributed by atoms with Gasteiger partial charge in [0, 0.05) is 24.4 Å². The first-order valence-corrected chi connectivity index (χ1v) is 7.42. The fraction of sp³-hybridized carbons (Fsp3) is 0.278. The molecular formula is C18H19NO4. The van der Waals surface area contributed by atoms with Crippen LogP contribution in [0.2, 0.25) is 0 Å². The summed E-state index contributed by atoms with van der Waals surface area (Å²) in [5.41, 5.74) is -0.451. The number of Topliss-reactive ketones (excluding diaryl/α,β-unsaturated/α-hetero) is 1. The molecule has 0 spiro atoms. The maximum absolute atomic E-state index is 12.2. The number of rotatable bonds is 7. The number of hydrogen-bond acceptors (Lipinski definition) is 5. The van der Waals surface area contributed by atoms with Crippen LogP contribution in [0.1, 0.15) is 30.9 Å². The van der Waals surface area contributed by atoms with Crippen LogP contribution < -0.4 is 0 Å². The van der Waals surface area contributed by atoms with Gasteiger partial charge >= 0.3 is 5.97 Å². The van der Waals surface area contributed by atoms with E-state index in [9.17, 15) is 14.7 Å². The molecule has 0 saturated carbocycles. The number of aliphatic hydroxyl groups is 1. The molecule has 0 amide bonds. The van der Waals surface area contributed by atoms with E-state index >= 15 is 0 Å². The molecule has 0 bridgehead atoms. The fourth-order valence-corrected chi connectivity index (χ4v) is 2.41. The first-order valence-electron chi connectivity index (χ1n) is 7.42. The Kier molecular flexibility index (Phi) is 5.60. The van der Waals surface area contributed by atoms with E-state index in [0.717, 1.165) is 0 Å². The third kappa shape index (κ3) is 4.23. The molecule has 1 N–H and O–H groups in total. The molecule has 5 nitrogen and oxygen atoms in total. The normalized spacial score (nSPS) is 13.1. The van der Waals surface area contributed by atoms with Gasteiger partial charge in [-0.25, -0.2) is 0 Å². The first kappa shape index (κ1) is 16.8. The molecule has 0 fully saturated rings. The van der Waals surface area contributed by atoms with Crippen LogP contribution in [-0.4, -0.2) is 28.4 Å². The molecule has 0 saturated heterocycles. The number of esters is 1. The van der Waals surface area contributed by atoms with E-state index < -0.39 is 17.4 Å².